The third-order valence-corrected chi connectivity index (χ3v) is 6.90. The van der Waals surface area contributed by atoms with Crippen LogP contribution in [0.1, 0.15) is 33.4 Å². The molecule has 1 aliphatic heterocycles. The van der Waals surface area contributed by atoms with Gasteiger partial charge < -0.3 is 9.80 Å². The Morgan fingerprint density at radius 2 is 1.75 bits per heavy atom. The zero-order chi connectivity index (χ0) is 22.9. The van der Waals surface area contributed by atoms with E-state index in [0.29, 0.717) is 42.4 Å². The van der Waals surface area contributed by atoms with Gasteiger partial charge in [0.15, 0.2) is 0 Å². The van der Waals surface area contributed by atoms with Gasteiger partial charge in [0.25, 0.3) is 5.91 Å². The highest BCUT2D eigenvalue weighted by molar-refractivity contribution is 7.17. The number of hydrogen-bond donors (Lipinski definition) is 0. The van der Waals surface area contributed by atoms with Gasteiger partial charge in [0.2, 0.25) is 0 Å². The number of benzene rings is 2. The van der Waals surface area contributed by atoms with Crippen molar-refractivity contribution in [3.63, 3.8) is 0 Å². The van der Waals surface area contributed by atoms with E-state index in [1.807, 2.05) is 24.0 Å². The number of carbonyl (C=O) groups excluding carboxylic acids is 1. The van der Waals surface area contributed by atoms with Crippen molar-refractivity contribution in [1.82, 2.24) is 9.88 Å². The topological polar surface area (TPSA) is 36.4 Å². The number of nitrogens with zero attached hydrogens (tertiary/aromatic N) is 3. The Kier molecular flexibility index (Phi) is 6.24. The molecule has 1 fully saturated rings. The number of aryl methyl sites for hydroxylation is 2. The minimum atomic E-state index is -4.37. The molecule has 0 aliphatic carbocycles. The molecule has 1 saturated heterocycles. The number of thiazole rings is 1. The predicted octanol–water partition coefficient (Wildman–Crippen LogP) is 5.66. The molecule has 4 nitrogen and oxygen atoms in total. The third-order valence-electron chi connectivity index (χ3n) is 5.71. The van der Waals surface area contributed by atoms with Crippen LogP contribution in [0.4, 0.5) is 18.9 Å². The number of anilines is 1. The van der Waals surface area contributed by atoms with Crippen molar-refractivity contribution in [3.8, 4) is 10.6 Å². The summed E-state index contributed by atoms with van der Waals surface area (Å²) in [5, 5.41) is 0.816. The second kappa shape index (κ2) is 8.94. The molecule has 0 radical (unpaired) electrons. The van der Waals surface area contributed by atoms with E-state index in [9.17, 15) is 18.0 Å². The van der Waals surface area contributed by atoms with Gasteiger partial charge in [0.05, 0.1) is 11.3 Å². The van der Waals surface area contributed by atoms with Crippen LogP contribution in [0, 0.1) is 6.92 Å². The van der Waals surface area contributed by atoms with Gasteiger partial charge >= 0.3 is 6.18 Å². The molecule has 168 valence electrons. The summed E-state index contributed by atoms with van der Waals surface area (Å²) in [4.78, 5) is 22.0. The number of halogens is 3. The van der Waals surface area contributed by atoms with Gasteiger partial charge in [-0.05, 0) is 37.1 Å². The van der Waals surface area contributed by atoms with Gasteiger partial charge in [0, 0.05) is 37.4 Å². The van der Waals surface area contributed by atoms with Crippen LogP contribution in [0.5, 0.6) is 0 Å². The summed E-state index contributed by atoms with van der Waals surface area (Å²) in [6.45, 7) is 5.81. The fraction of sp³-hybridized carbons (Fsp3) is 0.333. The number of hydrogen-bond acceptors (Lipinski definition) is 4. The molecule has 2 aromatic carbocycles. The zero-order valence-electron chi connectivity index (χ0n) is 17.9. The van der Waals surface area contributed by atoms with Crippen LogP contribution in [0.25, 0.3) is 10.6 Å². The summed E-state index contributed by atoms with van der Waals surface area (Å²) in [7, 11) is 0. The monoisotopic (exact) mass is 459 g/mol. The molecule has 1 aromatic heterocycles. The molecule has 0 spiro atoms. The van der Waals surface area contributed by atoms with E-state index in [1.165, 1.54) is 29.0 Å². The van der Waals surface area contributed by atoms with E-state index < -0.39 is 11.7 Å². The lowest BCUT2D eigenvalue weighted by Crippen LogP contribution is -2.48. The van der Waals surface area contributed by atoms with Gasteiger partial charge in [-0.2, -0.15) is 13.2 Å². The molecule has 0 atom stereocenters. The average Bonchev–Trinajstić information content (AvgIpc) is 3.20. The Balaban J connectivity index is 1.44. The molecule has 8 heteroatoms. The van der Waals surface area contributed by atoms with Crippen molar-refractivity contribution < 1.29 is 18.0 Å². The van der Waals surface area contributed by atoms with Crippen molar-refractivity contribution in [3.05, 3.63) is 70.2 Å². The first-order chi connectivity index (χ1) is 15.3. The van der Waals surface area contributed by atoms with Crippen LogP contribution < -0.4 is 4.90 Å². The Hall–Kier alpha value is -2.87. The van der Waals surface area contributed by atoms with Crippen LogP contribution in [0.3, 0.4) is 0 Å². The first-order valence-corrected chi connectivity index (χ1v) is 11.4. The minimum absolute atomic E-state index is 0.0693. The van der Waals surface area contributed by atoms with E-state index >= 15 is 0 Å². The van der Waals surface area contributed by atoms with Crippen molar-refractivity contribution in [2.24, 2.45) is 0 Å². The number of aromatic nitrogens is 1. The Morgan fingerprint density at radius 1 is 1.06 bits per heavy atom. The summed E-state index contributed by atoms with van der Waals surface area (Å²) in [5.74, 6) is -0.0693. The van der Waals surface area contributed by atoms with Gasteiger partial charge in [-0.3, -0.25) is 4.79 Å². The first kappa shape index (κ1) is 22.3. The summed E-state index contributed by atoms with van der Waals surface area (Å²) >= 11 is 1.39. The number of rotatable bonds is 4. The molecule has 0 bridgehead atoms. The lowest BCUT2D eigenvalue weighted by Gasteiger charge is -2.36. The second-order valence-corrected chi connectivity index (χ2v) is 8.81. The fourth-order valence-electron chi connectivity index (χ4n) is 3.79. The Labute approximate surface area is 189 Å². The number of piperazine rings is 1. The van der Waals surface area contributed by atoms with Crippen LogP contribution in [0.2, 0.25) is 0 Å². The van der Waals surface area contributed by atoms with Gasteiger partial charge in [-0.1, -0.05) is 37.3 Å². The third kappa shape index (κ3) is 4.65. The first-order valence-electron chi connectivity index (χ1n) is 10.5. The van der Waals surface area contributed by atoms with Gasteiger partial charge in [0.1, 0.15) is 9.88 Å². The summed E-state index contributed by atoms with van der Waals surface area (Å²) in [6, 6.07) is 13.5. The molecule has 1 aliphatic rings. The highest BCUT2D eigenvalue weighted by Crippen LogP contribution is 2.32. The maximum absolute atomic E-state index is 13.1. The van der Waals surface area contributed by atoms with E-state index in [-0.39, 0.29) is 5.91 Å². The molecular weight excluding hydrogens is 435 g/mol. The van der Waals surface area contributed by atoms with E-state index in [2.05, 4.69) is 24.0 Å². The smallest absolute Gasteiger partial charge is 0.368 e. The summed E-state index contributed by atoms with van der Waals surface area (Å²) in [5.41, 5.74) is 2.81. The molecule has 4 rings (SSSR count). The lowest BCUT2D eigenvalue weighted by molar-refractivity contribution is -0.137. The number of carbonyl (C=O) groups is 1. The van der Waals surface area contributed by atoms with Crippen molar-refractivity contribution >= 4 is 22.9 Å². The van der Waals surface area contributed by atoms with Gasteiger partial charge in [-0.25, -0.2) is 4.98 Å². The molecular formula is C24H24F3N3OS. The van der Waals surface area contributed by atoms with Crippen LogP contribution in [0.15, 0.2) is 48.5 Å². The Bertz CT molecular complexity index is 1100. The van der Waals surface area contributed by atoms with E-state index in [1.54, 1.807) is 11.0 Å². The maximum Gasteiger partial charge on any atom is 0.416 e. The standard InChI is InChI=1S/C24H24F3N3OS/c1-3-17-7-9-18(10-8-17)22-28-16(2)21(32-22)23(31)30-13-11-29(12-14-30)20-6-4-5-19(15-20)24(25,26)27/h4-10,15H,3,11-14H2,1-2H3. The Morgan fingerprint density at radius 3 is 2.38 bits per heavy atom. The largest absolute Gasteiger partial charge is 0.416 e. The molecule has 3 aromatic rings. The highest BCUT2D eigenvalue weighted by atomic mass is 32.1. The lowest BCUT2D eigenvalue weighted by atomic mass is 10.1. The molecule has 0 saturated carbocycles. The highest BCUT2D eigenvalue weighted by Gasteiger charge is 2.31. The SMILES string of the molecule is CCc1ccc(-c2nc(C)c(C(=O)N3CCN(c4cccc(C(F)(F)F)c4)CC3)s2)cc1. The fourth-order valence-corrected chi connectivity index (χ4v) is 4.83. The number of alkyl halides is 3. The van der Waals surface area contributed by atoms with Crippen LogP contribution in [-0.4, -0.2) is 42.0 Å². The molecule has 1 amide bonds. The van der Waals surface area contributed by atoms with E-state index in [0.717, 1.165) is 23.1 Å². The van der Waals surface area contributed by atoms with Crippen LogP contribution >= 0.6 is 11.3 Å². The molecule has 0 N–H and O–H groups in total. The second-order valence-electron chi connectivity index (χ2n) is 7.81. The predicted molar refractivity (Wildman–Crippen MR) is 121 cm³/mol. The minimum Gasteiger partial charge on any atom is -0.368 e. The van der Waals surface area contributed by atoms with Crippen molar-refractivity contribution in [2.45, 2.75) is 26.4 Å². The van der Waals surface area contributed by atoms with Crippen molar-refractivity contribution in [1.29, 1.82) is 0 Å². The maximum atomic E-state index is 13.1. The van der Waals surface area contributed by atoms with Crippen molar-refractivity contribution in [2.75, 3.05) is 31.1 Å². The number of amides is 1. The van der Waals surface area contributed by atoms with E-state index in [4.69, 9.17) is 0 Å². The molecule has 2 heterocycles. The summed E-state index contributed by atoms with van der Waals surface area (Å²) < 4.78 is 39.0. The van der Waals surface area contributed by atoms with Gasteiger partial charge in [-0.15, -0.1) is 11.3 Å². The quantitative estimate of drug-likeness (QED) is 0.505. The normalized spacial score (nSPS) is 14.7. The summed E-state index contributed by atoms with van der Waals surface area (Å²) in [6.07, 6.45) is -3.40. The average molecular weight is 460 g/mol. The van der Waals surface area contributed by atoms with Crippen LogP contribution in [-0.2, 0) is 12.6 Å². The molecule has 32 heavy (non-hydrogen) atoms. The zero-order valence-corrected chi connectivity index (χ0v) is 18.8. The molecule has 0 unspecified atom stereocenters.